The lowest BCUT2D eigenvalue weighted by molar-refractivity contribution is 0.114. The highest BCUT2D eigenvalue weighted by Crippen LogP contribution is 2.20. The minimum atomic E-state index is -2.60. The van der Waals surface area contributed by atoms with Crippen LogP contribution in [0.3, 0.4) is 0 Å². The van der Waals surface area contributed by atoms with Crippen molar-refractivity contribution in [2.24, 2.45) is 0 Å². The smallest absolute Gasteiger partial charge is 0.313 e. The van der Waals surface area contributed by atoms with Crippen LogP contribution in [0.15, 0.2) is 4.42 Å². The Morgan fingerprint density at radius 1 is 1.55 bits per heavy atom. The van der Waals surface area contributed by atoms with Gasteiger partial charge in [0.1, 0.15) is 5.76 Å². The Balaban J connectivity index is 2.95. The zero-order chi connectivity index (χ0) is 8.43. The van der Waals surface area contributed by atoms with E-state index in [1.54, 1.807) is 6.92 Å². The van der Waals surface area contributed by atoms with E-state index in [2.05, 4.69) is 4.98 Å². The van der Waals surface area contributed by atoms with E-state index in [1.807, 2.05) is 6.92 Å². The Morgan fingerprint density at radius 2 is 2.18 bits per heavy atom. The Bertz CT molecular complexity index is 245. The number of aryl methyl sites for hydroxylation is 2. The second-order valence-electron chi connectivity index (χ2n) is 2.21. The fraction of sp³-hybridized carbons (Fsp3) is 0.571. The van der Waals surface area contributed by atoms with Crippen molar-refractivity contribution in [3.8, 4) is 0 Å². The molecule has 2 nitrogen and oxygen atoms in total. The molecule has 0 amide bonds. The molecular formula is C7H9F2NO. The van der Waals surface area contributed by atoms with Crippen LogP contribution in [0.5, 0.6) is 0 Å². The lowest BCUT2D eigenvalue weighted by Gasteiger charge is -1.86. The lowest BCUT2D eigenvalue weighted by Crippen LogP contribution is -1.85. The SMILES string of the molecule is CCc1nc(C(F)F)oc1C. The first kappa shape index (κ1) is 8.17. The number of aromatic nitrogens is 1. The van der Waals surface area contributed by atoms with Crippen LogP contribution in [-0.2, 0) is 6.42 Å². The van der Waals surface area contributed by atoms with Crippen molar-refractivity contribution in [3.05, 3.63) is 17.3 Å². The maximum atomic E-state index is 11.9. The largest absolute Gasteiger partial charge is 0.440 e. The molecule has 0 saturated heterocycles. The van der Waals surface area contributed by atoms with Gasteiger partial charge >= 0.3 is 6.43 Å². The van der Waals surface area contributed by atoms with E-state index >= 15 is 0 Å². The molecular weight excluding hydrogens is 152 g/mol. The van der Waals surface area contributed by atoms with Gasteiger partial charge < -0.3 is 4.42 Å². The number of nitrogens with zero attached hydrogens (tertiary/aromatic N) is 1. The zero-order valence-electron chi connectivity index (χ0n) is 6.40. The van der Waals surface area contributed by atoms with E-state index in [4.69, 9.17) is 4.42 Å². The summed E-state index contributed by atoms with van der Waals surface area (Å²) in [7, 11) is 0. The lowest BCUT2D eigenvalue weighted by atomic mass is 10.3. The van der Waals surface area contributed by atoms with Gasteiger partial charge in [0, 0.05) is 0 Å². The number of oxazole rings is 1. The van der Waals surface area contributed by atoms with Gasteiger partial charge in [-0.05, 0) is 13.3 Å². The van der Waals surface area contributed by atoms with Gasteiger partial charge in [0.05, 0.1) is 5.69 Å². The first-order valence-electron chi connectivity index (χ1n) is 3.39. The third-order valence-electron chi connectivity index (χ3n) is 1.43. The molecule has 4 heteroatoms. The van der Waals surface area contributed by atoms with E-state index in [0.29, 0.717) is 17.9 Å². The predicted molar refractivity (Wildman–Crippen MR) is 35.6 cm³/mol. The third-order valence-corrected chi connectivity index (χ3v) is 1.43. The number of hydrogen-bond donors (Lipinski definition) is 0. The number of alkyl halides is 2. The first-order valence-corrected chi connectivity index (χ1v) is 3.39. The molecule has 0 spiro atoms. The average Bonchev–Trinajstić information content (AvgIpc) is 2.31. The number of hydrogen-bond acceptors (Lipinski definition) is 2. The zero-order valence-corrected chi connectivity index (χ0v) is 6.40. The molecule has 0 saturated carbocycles. The van der Waals surface area contributed by atoms with Gasteiger partial charge in [-0.25, -0.2) is 4.98 Å². The molecule has 1 rings (SSSR count). The topological polar surface area (TPSA) is 26.0 Å². The van der Waals surface area contributed by atoms with Crippen LogP contribution in [0.1, 0.15) is 30.7 Å². The molecule has 0 aromatic carbocycles. The average molecular weight is 161 g/mol. The molecule has 0 atom stereocenters. The summed E-state index contributed by atoms with van der Waals surface area (Å²) >= 11 is 0. The monoisotopic (exact) mass is 161 g/mol. The summed E-state index contributed by atoms with van der Waals surface area (Å²) in [5.41, 5.74) is 0.611. The normalized spacial score (nSPS) is 11.0. The minimum absolute atomic E-state index is 0.473. The third kappa shape index (κ3) is 1.56. The van der Waals surface area contributed by atoms with Gasteiger partial charge in [0.15, 0.2) is 0 Å². The van der Waals surface area contributed by atoms with Gasteiger partial charge in [-0.1, -0.05) is 6.92 Å². The molecule has 62 valence electrons. The maximum absolute atomic E-state index is 11.9. The van der Waals surface area contributed by atoms with Crippen LogP contribution in [0.25, 0.3) is 0 Å². The van der Waals surface area contributed by atoms with E-state index in [0.717, 1.165) is 0 Å². The summed E-state index contributed by atoms with van der Waals surface area (Å²) in [6.45, 7) is 3.48. The van der Waals surface area contributed by atoms with Crippen molar-refractivity contribution in [2.75, 3.05) is 0 Å². The Kier molecular flexibility index (Phi) is 2.22. The second kappa shape index (κ2) is 2.98. The van der Waals surface area contributed by atoms with Crippen molar-refractivity contribution < 1.29 is 13.2 Å². The number of rotatable bonds is 2. The predicted octanol–water partition coefficient (Wildman–Crippen LogP) is 2.48. The molecule has 0 fully saturated rings. The molecule has 0 N–H and O–H groups in total. The Morgan fingerprint density at radius 3 is 2.45 bits per heavy atom. The Hall–Kier alpha value is -0.930. The molecule has 1 heterocycles. The maximum Gasteiger partial charge on any atom is 0.313 e. The van der Waals surface area contributed by atoms with Crippen LogP contribution >= 0.6 is 0 Å². The van der Waals surface area contributed by atoms with Gasteiger partial charge in [-0.2, -0.15) is 8.78 Å². The minimum Gasteiger partial charge on any atom is -0.440 e. The van der Waals surface area contributed by atoms with Crippen molar-refractivity contribution in [1.82, 2.24) is 4.98 Å². The molecule has 0 radical (unpaired) electrons. The van der Waals surface area contributed by atoms with Crippen molar-refractivity contribution >= 4 is 0 Å². The van der Waals surface area contributed by atoms with Crippen molar-refractivity contribution in [3.63, 3.8) is 0 Å². The van der Waals surface area contributed by atoms with E-state index in [1.165, 1.54) is 0 Å². The quantitative estimate of drug-likeness (QED) is 0.665. The highest BCUT2D eigenvalue weighted by atomic mass is 19.3. The molecule has 0 bridgehead atoms. The van der Waals surface area contributed by atoms with E-state index in [9.17, 15) is 8.78 Å². The molecule has 1 aromatic rings. The molecule has 1 aromatic heterocycles. The summed E-state index contributed by atoms with van der Waals surface area (Å²) in [6, 6.07) is 0. The van der Waals surface area contributed by atoms with Gasteiger partial charge in [-0.15, -0.1) is 0 Å². The molecule has 0 aliphatic carbocycles. The van der Waals surface area contributed by atoms with Crippen LogP contribution in [0, 0.1) is 6.92 Å². The standard InChI is InChI=1S/C7H9F2NO/c1-3-5-4(2)11-7(10-5)6(8)9/h6H,3H2,1-2H3. The molecule has 0 aliphatic rings. The van der Waals surface area contributed by atoms with Crippen LogP contribution in [0.4, 0.5) is 8.78 Å². The molecule has 0 aliphatic heterocycles. The summed E-state index contributed by atoms with van der Waals surface area (Å²) in [4.78, 5) is 3.61. The van der Waals surface area contributed by atoms with Crippen LogP contribution in [0.2, 0.25) is 0 Å². The van der Waals surface area contributed by atoms with Gasteiger partial charge in [0.25, 0.3) is 5.89 Å². The molecule has 0 unspecified atom stereocenters. The summed E-state index contributed by atoms with van der Waals surface area (Å²) < 4.78 is 28.6. The van der Waals surface area contributed by atoms with E-state index in [-0.39, 0.29) is 0 Å². The summed E-state index contributed by atoms with van der Waals surface area (Å²) in [5.74, 6) is 0.0159. The Labute approximate surface area is 63.2 Å². The highest BCUT2D eigenvalue weighted by Gasteiger charge is 2.16. The fourth-order valence-electron chi connectivity index (χ4n) is 0.872. The highest BCUT2D eigenvalue weighted by molar-refractivity contribution is 5.08. The fourth-order valence-corrected chi connectivity index (χ4v) is 0.872. The van der Waals surface area contributed by atoms with E-state index < -0.39 is 12.3 Å². The molecule has 11 heavy (non-hydrogen) atoms. The first-order chi connectivity index (χ1) is 5.15. The van der Waals surface area contributed by atoms with Crippen LogP contribution < -0.4 is 0 Å². The van der Waals surface area contributed by atoms with Crippen molar-refractivity contribution in [2.45, 2.75) is 26.7 Å². The summed E-state index contributed by atoms with van der Waals surface area (Å²) in [6.07, 6.45) is -1.98. The van der Waals surface area contributed by atoms with Crippen LogP contribution in [-0.4, -0.2) is 4.98 Å². The number of halogens is 2. The van der Waals surface area contributed by atoms with Gasteiger partial charge in [0.2, 0.25) is 0 Å². The van der Waals surface area contributed by atoms with Crippen molar-refractivity contribution in [1.29, 1.82) is 0 Å². The summed E-state index contributed by atoms with van der Waals surface area (Å²) in [5, 5.41) is 0. The second-order valence-corrected chi connectivity index (χ2v) is 2.21. The van der Waals surface area contributed by atoms with Gasteiger partial charge in [-0.3, -0.25) is 0 Å².